The summed E-state index contributed by atoms with van der Waals surface area (Å²) in [6.45, 7) is 8.65. The second-order valence-electron chi connectivity index (χ2n) is 7.87. The van der Waals surface area contributed by atoms with Gasteiger partial charge in [-0.1, -0.05) is 43.7 Å². The Balaban J connectivity index is 2.04. The molecule has 0 spiro atoms. The van der Waals surface area contributed by atoms with E-state index in [0.717, 1.165) is 10.5 Å². The summed E-state index contributed by atoms with van der Waals surface area (Å²) in [6.07, 6.45) is 0.321. The summed E-state index contributed by atoms with van der Waals surface area (Å²) in [5.41, 5.74) is 1.99. The van der Waals surface area contributed by atoms with Gasteiger partial charge in [0.15, 0.2) is 0 Å². The molecule has 0 saturated carbocycles. The molecule has 4 nitrogen and oxygen atoms in total. The highest BCUT2D eigenvalue weighted by Gasteiger charge is 2.25. The van der Waals surface area contributed by atoms with Crippen molar-refractivity contribution in [3.8, 4) is 0 Å². The zero-order chi connectivity index (χ0) is 22.1. The van der Waals surface area contributed by atoms with Crippen LogP contribution in [0.1, 0.15) is 38.3 Å². The number of hydrogen-bond donors (Lipinski definition) is 1. The fraction of sp³-hybridized carbons (Fsp3) is 0.417. The summed E-state index contributed by atoms with van der Waals surface area (Å²) in [6, 6.07) is 13.6. The van der Waals surface area contributed by atoms with Gasteiger partial charge in [-0.15, -0.1) is 11.8 Å². The molecule has 2 aromatic carbocycles. The normalized spacial score (nSPS) is 11.9. The molecule has 0 aliphatic rings. The lowest BCUT2D eigenvalue weighted by molar-refractivity contribution is -0.140. The van der Waals surface area contributed by atoms with Crippen LogP contribution in [0, 0.1) is 18.7 Å². The van der Waals surface area contributed by atoms with Crippen molar-refractivity contribution in [2.75, 3.05) is 12.3 Å². The maximum Gasteiger partial charge on any atom is 0.242 e. The SMILES string of the molecule is Cc1ccc(SCCC(=O)N(Cc2ccc(F)cc2)[C@@H](C)C(=O)NCC(C)C)cc1. The van der Waals surface area contributed by atoms with Gasteiger partial charge in [-0.25, -0.2) is 4.39 Å². The van der Waals surface area contributed by atoms with E-state index in [2.05, 4.69) is 5.32 Å². The molecular formula is C24H31FN2O2S. The Kier molecular flexibility index (Phi) is 9.37. The molecular weight excluding hydrogens is 399 g/mol. The molecule has 2 aromatic rings. The van der Waals surface area contributed by atoms with Crippen LogP contribution < -0.4 is 5.32 Å². The van der Waals surface area contributed by atoms with Crippen molar-refractivity contribution in [3.05, 3.63) is 65.5 Å². The van der Waals surface area contributed by atoms with Gasteiger partial charge in [0.25, 0.3) is 0 Å². The van der Waals surface area contributed by atoms with Crippen molar-refractivity contribution >= 4 is 23.6 Å². The molecule has 2 rings (SSSR count). The van der Waals surface area contributed by atoms with Crippen molar-refractivity contribution in [1.29, 1.82) is 0 Å². The molecule has 0 aliphatic heterocycles. The Morgan fingerprint density at radius 1 is 1.03 bits per heavy atom. The molecule has 0 fully saturated rings. The Morgan fingerprint density at radius 2 is 1.67 bits per heavy atom. The van der Waals surface area contributed by atoms with Crippen LogP contribution in [0.3, 0.4) is 0 Å². The van der Waals surface area contributed by atoms with E-state index in [9.17, 15) is 14.0 Å². The molecule has 1 N–H and O–H groups in total. The molecule has 0 radical (unpaired) electrons. The fourth-order valence-electron chi connectivity index (χ4n) is 2.86. The summed E-state index contributed by atoms with van der Waals surface area (Å²) in [5.74, 6) is 0.362. The number of amides is 2. The summed E-state index contributed by atoms with van der Waals surface area (Å²) in [4.78, 5) is 28.3. The highest BCUT2D eigenvalue weighted by Crippen LogP contribution is 2.20. The second kappa shape index (κ2) is 11.7. The molecule has 0 bridgehead atoms. The predicted octanol–water partition coefficient (Wildman–Crippen LogP) is 4.81. The molecule has 0 unspecified atom stereocenters. The van der Waals surface area contributed by atoms with Crippen LogP contribution in [0.15, 0.2) is 53.4 Å². The lowest BCUT2D eigenvalue weighted by Gasteiger charge is -2.29. The first-order valence-electron chi connectivity index (χ1n) is 10.3. The number of hydrogen-bond acceptors (Lipinski definition) is 3. The predicted molar refractivity (Wildman–Crippen MR) is 121 cm³/mol. The third-order valence-electron chi connectivity index (χ3n) is 4.72. The molecule has 0 aliphatic carbocycles. The average molecular weight is 431 g/mol. The van der Waals surface area contributed by atoms with E-state index >= 15 is 0 Å². The fourth-order valence-corrected chi connectivity index (χ4v) is 3.70. The second-order valence-corrected chi connectivity index (χ2v) is 9.04. The number of nitrogens with zero attached hydrogens (tertiary/aromatic N) is 1. The molecule has 162 valence electrons. The van der Waals surface area contributed by atoms with Gasteiger partial charge in [-0.2, -0.15) is 0 Å². The highest BCUT2D eigenvalue weighted by atomic mass is 32.2. The van der Waals surface area contributed by atoms with Crippen LogP contribution in [-0.2, 0) is 16.1 Å². The standard InChI is InChI=1S/C24H31FN2O2S/c1-17(2)15-26-24(29)19(4)27(16-20-7-9-21(25)10-8-20)23(28)13-14-30-22-11-5-18(3)6-12-22/h5-12,17,19H,13-16H2,1-4H3,(H,26,29)/t19-/m0/s1. The topological polar surface area (TPSA) is 49.4 Å². The minimum absolute atomic E-state index is 0.0915. The number of carbonyl (C=O) groups is 2. The zero-order valence-corrected chi connectivity index (χ0v) is 19.0. The van der Waals surface area contributed by atoms with Gasteiger partial charge in [0.2, 0.25) is 11.8 Å². The Bertz CT molecular complexity index is 822. The van der Waals surface area contributed by atoms with E-state index in [-0.39, 0.29) is 24.2 Å². The number of carbonyl (C=O) groups excluding carboxylic acids is 2. The van der Waals surface area contributed by atoms with Crippen molar-refractivity contribution in [3.63, 3.8) is 0 Å². The average Bonchev–Trinajstić information content (AvgIpc) is 2.72. The Morgan fingerprint density at radius 3 is 2.27 bits per heavy atom. The largest absolute Gasteiger partial charge is 0.354 e. The smallest absolute Gasteiger partial charge is 0.242 e. The summed E-state index contributed by atoms with van der Waals surface area (Å²) < 4.78 is 13.3. The first-order chi connectivity index (χ1) is 14.3. The van der Waals surface area contributed by atoms with Crippen molar-refractivity contribution in [2.24, 2.45) is 5.92 Å². The van der Waals surface area contributed by atoms with E-state index in [1.54, 1.807) is 35.7 Å². The van der Waals surface area contributed by atoms with E-state index in [1.807, 2.05) is 45.0 Å². The van der Waals surface area contributed by atoms with Crippen molar-refractivity contribution in [2.45, 2.75) is 51.6 Å². The summed E-state index contributed by atoms with van der Waals surface area (Å²) in [7, 11) is 0. The molecule has 6 heteroatoms. The van der Waals surface area contributed by atoms with Crippen LogP contribution in [0.5, 0.6) is 0 Å². The molecule has 30 heavy (non-hydrogen) atoms. The first kappa shape index (κ1) is 23.9. The van der Waals surface area contributed by atoms with Gasteiger partial charge in [-0.05, 0) is 49.6 Å². The van der Waals surface area contributed by atoms with Crippen LogP contribution in [-0.4, -0.2) is 35.1 Å². The van der Waals surface area contributed by atoms with Crippen LogP contribution in [0.4, 0.5) is 4.39 Å². The molecule has 1 atom stereocenters. The molecule has 0 saturated heterocycles. The van der Waals surface area contributed by atoms with E-state index in [0.29, 0.717) is 24.6 Å². The monoisotopic (exact) mass is 430 g/mol. The number of benzene rings is 2. The van der Waals surface area contributed by atoms with Gasteiger partial charge in [0.05, 0.1) is 0 Å². The number of halogens is 1. The third-order valence-corrected chi connectivity index (χ3v) is 5.74. The van der Waals surface area contributed by atoms with Gasteiger partial charge >= 0.3 is 0 Å². The number of thioether (sulfide) groups is 1. The van der Waals surface area contributed by atoms with Crippen molar-refractivity contribution in [1.82, 2.24) is 10.2 Å². The van der Waals surface area contributed by atoms with Crippen LogP contribution in [0.2, 0.25) is 0 Å². The Hall–Kier alpha value is -2.34. The van der Waals surface area contributed by atoms with E-state index in [1.165, 1.54) is 17.7 Å². The Labute approximate surface area is 183 Å². The summed E-state index contributed by atoms with van der Waals surface area (Å²) >= 11 is 1.62. The number of aryl methyl sites for hydroxylation is 1. The van der Waals surface area contributed by atoms with Gasteiger partial charge in [-0.3, -0.25) is 9.59 Å². The van der Waals surface area contributed by atoms with Gasteiger partial charge in [0, 0.05) is 30.2 Å². The van der Waals surface area contributed by atoms with Gasteiger partial charge < -0.3 is 10.2 Å². The van der Waals surface area contributed by atoms with Gasteiger partial charge in [0.1, 0.15) is 11.9 Å². The maximum atomic E-state index is 13.3. The van der Waals surface area contributed by atoms with E-state index in [4.69, 9.17) is 0 Å². The minimum Gasteiger partial charge on any atom is -0.354 e. The number of rotatable bonds is 10. The highest BCUT2D eigenvalue weighted by molar-refractivity contribution is 7.99. The number of nitrogens with one attached hydrogen (secondary N) is 1. The van der Waals surface area contributed by atoms with Crippen LogP contribution in [0.25, 0.3) is 0 Å². The maximum absolute atomic E-state index is 13.3. The third kappa shape index (κ3) is 7.82. The lowest BCUT2D eigenvalue weighted by Crippen LogP contribution is -2.48. The molecule has 0 heterocycles. The quantitative estimate of drug-likeness (QED) is 0.551. The minimum atomic E-state index is -0.606. The lowest BCUT2D eigenvalue weighted by atomic mass is 10.1. The first-order valence-corrected chi connectivity index (χ1v) is 11.3. The zero-order valence-electron chi connectivity index (χ0n) is 18.2. The molecule has 0 aromatic heterocycles. The van der Waals surface area contributed by atoms with E-state index < -0.39 is 6.04 Å². The van der Waals surface area contributed by atoms with Crippen molar-refractivity contribution < 1.29 is 14.0 Å². The van der Waals surface area contributed by atoms with Crippen LogP contribution >= 0.6 is 11.8 Å². The molecule has 2 amide bonds. The summed E-state index contributed by atoms with van der Waals surface area (Å²) in [5, 5.41) is 2.90.